The molecule has 0 atom stereocenters. The van der Waals surface area contributed by atoms with Crippen molar-refractivity contribution >= 4 is 62.9 Å². The van der Waals surface area contributed by atoms with Crippen molar-refractivity contribution in [3.8, 4) is 22.5 Å². The Hall–Kier alpha value is -2.66. The van der Waals surface area contributed by atoms with Gasteiger partial charge in [0.25, 0.3) is 0 Å². The summed E-state index contributed by atoms with van der Waals surface area (Å²) in [5.41, 5.74) is 2.82. The van der Waals surface area contributed by atoms with Crippen LogP contribution in [0.15, 0.2) is 46.2 Å². The van der Waals surface area contributed by atoms with Crippen molar-refractivity contribution in [2.75, 3.05) is 18.2 Å². The summed E-state index contributed by atoms with van der Waals surface area (Å²) in [5.74, 6) is 0.545. The van der Waals surface area contributed by atoms with Crippen LogP contribution in [0.2, 0.25) is 5.02 Å². The van der Waals surface area contributed by atoms with Gasteiger partial charge in [0.1, 0.15) is 10.6 Å². The second kappa shape index (κ2) is 10.9. The van der Waals surface area contributed by atoms with E-state index in [9.17, 15) is 9.59 Å². The smallest absolute Gasteiger partial charge is 0.341 e. The van der Waals surface area contributed by atoms with Crippen LogP contribution in [0.3, 0.4) is 0 Å². The van der Waals surface area contributed by atoms with Crippen molar-refractivity contribution in [2.24, 2.45) is 7.05 Å². The Morgan fingerprint density at radius 2 is 1.89 bits per heavy atom. The zero-order valence-corrected chi connectivity index (χ0v) is 22.7. The molecule has 0 saturated carbocycles. The summed E-state index contributed by atoms with van der Waals surface area (Å²) in [6, 6.07) is 9.27. The first-order valence-corrected chi connectivity index (χ1v) is 13.8. The van der Waals surface area contributed by atoms with E-state index >= 15 is 0 Å². The van der Waals surface area contributed by atoms with Crippen LogP contribution in [-0.4, -0.2) is 39.5 Å². The van der Waals surface area contributed by atoms with E-state index in [-0.39, 0.29) is 11.7 Å². The number of rotatable bonds is 8. The Balaban J connectivity index is 1.47. The quantitative estimate of drug-likeness (QED) is 0.199. The van der Waals surface area contributed by atoms with Crippen LogP contribution in [-0.2, 0) is 16.6 Å². The Labute approximate surface area is 220 Å². The number of hydrogen-bond acceptors (Lipinski definition) is 8. The van der Waals surface area contributed by atoms with E-state index in [1.54, 1.807) is 23.5 Å². The summed E-state index contributed by atoms with van der Waals surface area (Å²) in [6.07, 6.45) is 0. The summed E-state index contributed by atoms with van der Waals surface area (Å²) in [4.78, 5) is 26.6. The number of carbonyl (C=O) groups excluding carboxylic acids is 2. The number of nitrogens with one attached hydrogen (secondary N) is 1. The molecule has 0 saturated heterocycles. The number of carbonyl (C=O) groups is 2. The van der Waals surface area contributed by atoms with Gasteiger partial charge in [0, 0.05) is 38.8 Å². The molecule has 0 spiro atoms. The van der Waals surface area contributed by atoms with E-state index < -0.39 is 5.97 Å². The van der Waals surface area contributed by atoms with Crippen molar-refractivity contribution in [3.05, 3.63) is 56.6 Å². The minimum atomic E-state index is -0.520. The van der Waals surface area contributed by atoms with E-state index in [1.807, 2.05) is 29.1 Å². The Morgan fingerprint density at radius 1 is 1.14 bits per heavy atom. The lowest BCUT2D eigenvalue weighted by Gasteiger charge is -2.08. The van der Waals surface area contributed by atoms with Crippen LogP contribution in [0.25, 0.3) is 22.5 Å². The van der Waals surface area contributed by atoms with Crippen LogP contribution in [0.1, 0.15) is 35.0 Å². The standard InChI is InChI=1S/C24H23ClN4O3S3/c1-13(2)18-9-15(10-33-18)21-27-28-24(29(21)3)35-12-19(30)26-22-20(23(31)32-4)17(11-34-22)14-5-7-16(25)8-6-14/h5-11,13H,12H2,1-4H3,(H,26,30). The number of ether oxygens (including phenoxy) is 1. The molecule has 4 rings (SSSR count). The second-order valence-corrected chi connectivity index (χ2v) is 11.1. The fraction of sp³-hybridized carbons (Fsp3) is 0.250. The molecule has 1 N–H and O–H groups in total. The van der Waals surface area contributed by atoms with Crippen molar-refractivity contribution < 1.29 is 14.3 Å². The Morgan fingerprint density at radius 3 is 2.54 bits per heavy atom. The highest BCUT2D eigenvalue weighted by Gasteiger charge is 2.23. The molecule has 0 fully saturated rings. The van der Waals surface area contributed by atoms with Crippen molar-refractivity contribution in [3.63, 3.8) is 0 Å². The molecular formula is C24H23ClN4O3S3. The van der Waals surface area contributed by atoms with Gasteiger partial charge in [0.05, 0.1) is 12.9 Å². The zero-order valence-electron chi connectivity index (χ0n) is 19.5. The largest absolute Gasteiger partial charge is 0.465 e. The summed E-state index contributed by atoms with van der Waals surface area (Å²) >= 11 is 10.2. The minimum absolute atomic E-state index is 0.113. The lowest BCUT2D eigenvalue weighted by atomic mass is 10.0. The maximum Gasteiger partial charge on any atom is 0.341 e. The monoisotopic (exact) mass is 546 g/mol. The Bertz CT molecular complexity index is 1360. The van der Waals surface area contributed by atoms with E-state index in [2.05, 4.69) is 40.8 Å². The molecule has 7 nitrogen and oxygen atoms in total. The first-order chi connectivity index (χ1) is 16.8. The number of halogens is 1. The number of nitrogens with zero attached hydrogens (tertiary/aromatic N) is 3. The number of thioether (sulfide) groups is 1. The van der Waals surface area contributed by atoms with E-state index in [0.717, 1.165) is 17.0 Å². The van der Waals surface area contributed by atoms with Gasteiger partial charge in [-0.15, -0.1) is 32.9 Å². The first kappa shape index (κ1) is 25.4. The third-order valence-electron chi connectivity index (χ3n) is 5.20. The normalized spacial score (nSPS) is 11.1. The van der Waals surface area contributed by atoms with Crippen LogP contribution >= 0.6 is 46.0 Å². The molecule has 0 aliphatic rings. The van der Waals surface area contributed by atoms with Gasteiger partial charge in [-0.3, -0.25) is 4.79 Å². The highest BCUT2D eigenvalue weighted by Crippen LogP contribution is 2.37. The maximum atomic E-state index is 12.8. The number of benzene rings is 1. The zero-order chi connectivity index (χ0) is 25.1. The van der Waals surface area contributed by atoms with Crippen molar-refractivity contribution in [1.29, 1.82) is 0 Å². The van der Waals surface area contributed by atoms with Gasteiger partial charge < -0.3 is 14.6 Å². The van der Waals surface area contributed by atoms with Gasteiger partial charge in [0.2, 0.25) is 5.91 Å². The van der Waals surface area contributed by atoms with Crippen LogP contribution in [0, 0.1) is 0 Å². The molecule has 35 heavy (non-hydrogen) atoms. The predicted molar refractivity (Wildman–Crippen MR) is 144 cm³/mol. The number of hydrogen-bond donors (Lipinski definition) is 1. The lowest BCUT2D eigenvalue weighted by molar-refractivity contribution is -0.113. The third kappa shape index (κ3) is 5.61. The predicted octanol–water partition coefficient (Wildman–Crippen LogP) is 6.57. The summed E-state index contributed by atoms with van der Waals surface area (Å²) in [5, 5.41) is 17.0. The molecule has 11 heteroatoms. The third-order valence-corrected chi connectivity index (χ3v) is 8.60. The van der Waals surface area contributed by atoms with Gasteiger partial charge in [0.15, 0.2) is 11.0 Å². The highest BCUT2D eigenvalue weighted by atomic mass is 35.5. The molecule has 1 amide bonds. The molecular weight excluding hydrogens is 524 g/mol. The molecule has 0 radical (unpaired) electrons. The Kier molecular flexibility index (Phi) is 7.95. The molecule has 0 bridgehead atoms. The summed E-state index contributed by atoms with van der Waals surface area (Å²) in [7, 11) is 3.20. The summed E-state index contributed by atoms with van der Waals surface area (Å²) in [6.45, 7) is 4.31. The van der Waals surface area contributed by atoms with Crippen LogP contribution in [0.5, 0.6) is 0 Å². The van der Waals surface area contributed by atoms with Gasteiger partial charge >= 0.3 is 5.97 Å². The topological polar surface area (TPSA) is 86.1 Å². The number of methoxy groups -OCH3 is 1. The van der Waals surface area contributed by atoms with Crippen molar-refractivity contribution in [2.45, 2.75) is 24.9 Å². The maximum absolute atomic E-state index is 12.8. The van der Waals surface area contributed by atoms with Gasteiger partial charge in [-0.25, -0.2) is 4.79 Å². The molecule has 4 aromatic rings. The molecule has 3 heterocycles. The van der Waals surface area contributed by atoms with Gasteiger partial charge in [-0.2, -0.15) is 0 Å². The van der Waals surface area contributed by atoms with Crippen LogP contribution in [0.4, 0.5) is 5.00 Å². The number of esters is 1. The molecule has 0 unspecified atom stereocenters. The second-order valence-electron chi connectivity index (χ2n) is 7.95. The molecule has 182 valence electrons. The fourth-order valence-electron chi connectivity index (χ4n) is 3.35. The SMILES string of the molecule is COC(=O)c1c(-c2ccc(Cl)cc2)csc1NC(=O)CSc1nnc(-c2csc(C(C)C)c2)n1C. The number of aromatic nitrogens is 3. The number of thiophene rings is 2. The average molecular weight is 547 g/mol. The molecule has 0 aliphatic carbocycles. The minimum Gasteiger partial charge on any atom is -0.465 e. The van der Waals surface area contributed by atoms with Gasteiger partial charge in [-0.05, 0) is 29.7 Å². The van der Waals surface area contributed by atoms with Crippen LogP contribution < -0.4 is 5.32 Å². The fourth-order valence-corrected chi connectivity index (χ4v) is 6.07. The first-order valence-electron chi connectivity index (χ1n) is 10.6. The highest BCUT2D eigenvalue weighted by molar-refractivity contribution is 7.99. The van der Waals surface area contributed by atoms with Crippen molar-refractivity contribution in [1.82, 2.24) is 14.8 Å². The lowest BCUT2D eigenvalue weighted by Crippen LogP contribution is -2.16. The van der Waals surface area contributed by atoms with Gasteiger partial charge in [-0.1, -0.05) is 49.3 Å². The molecule has 3 aromatic heterocycles. The van der Waals surface area contributed by atoms with E-state index in [1.165, 1.54) is 35.1 Å². The number of anilines is 1. The van der Waals surface area contributed by atoms with E-state index in [0.29, 0.717) is 32.2 Å². The average Bonchev–Trinajstić information content (AvgIpc) is 3.56. The molecule has 0 aliphatic heterocycles. The number of amides is 1. The molecule has 1 aromatic carbocycles. The van der Waals surface area contributed by atoms with E-state index in [4.69, 9.17) is 16.3 Å². The summed E-state index contributed by atoms with van der Waals surface area (Å²) < 4.78 is 6.86.